The lowest BCUT2D eigenvalue weighted by Crippen LogP contribution is -2.11. The van der Waals surface area contributed by atoms with Gasteiger partial charge < -0.3 is 10.1 Å². The van der Waals surface area contributed by atoms with Crippen molar-refractivity contribution >= 4 is 28.2 Å². The molecule has 4 nitrogen and oxygen atoms in total. The molecule has 0 saturated heterocycles. The van der Waals surface area contributed by atoms with E-state index in [0.717, 1.165) is 4.88 Å². The van der Waals surface area contributed by atoms with Gasteiger partial charge in [0.05, 0.1) is 12.7 Å². The molecule has 0 aliphatic heterocycles. The van der Waals surface area contributed by atoms with Crippen molar-refractivity contribution in [3.05, 3.63) is 16.5 Å². The lowest BCUT2D eigenvalue weighted by atomic mass is 10.3. The molecular weight excluding hydrogens is 214 g/mol. The summed E-state index contributed by atoms with van der Waals surface area (Å²) >= 11 is 1.37. The molecule has 0 radical (unpaired) electrons. The Morgan fingerprint density at radius 3 is 2.73 bits per heavy atom. The van der Waals surface area contributed by atoms with Crippen molar-refractivity contribution in [2.24, 2.45) is 0 Å². The highest BCUT2D eigenvalue weighted by atomic mass is 32.1. The molecule has 0 bridgehead atoms. The summed E-state index contributed by atoms with van der Waals surface area (Å²) in [6.45, 7) is 3.63. The number of thiophene rings is 1. The number of methoxy groups -OCH3 is 1. The van der Waals surface area contributed by atoms with Crippen LogP contribution in [-0.4, -0.2) is 19.0 Å². The largest absolute Gasteiger partial charge is 0.465 e. The molecule has 0 unspecified atom stereocenters. The summed E-state index contributed by atoms with van der Waals surface area (Å²) in [5.41, 5.74) is 0.418. The summed E-state index contributed by atoms with van der Waals surface area (Å²) in [6.07, 6.45) is 0.386. The molecule has 1 heterocycles. The maximum Gasteiger partial charge on any atom is 0.340 e. The first-order valence-electron chi connectivity index (χ1n) is 4.57. The van der Waals surface area contributed by atoms with E-state index in [1.807, 2.05) is 6.92 Å². The molecule has 0 aliphatic rings. The van der Waals surface area contributed by atoms with Gasteiger partial charge in [-0.2, -0.15) is 0 Å². The van der Waals surface area contributed by atoms with Crippen LogP contribution in [0.25, 0.3) is 0 Å². The van der Waals surface area contributed by atoms with Crippen molar-refractivity contribution in [2.75, 3.05) is 12.4 Å². The minimum atomic E-state index is -0.425. The van der Waals surface area contributed by atoms with E-state index >= 15 is 0 Å². The first-order valence-corrected chi connectivity index (χ1v) is 5.38. The third-order valence-corrected chi connectivity index (χ3v) is 2.80. The molecule has 0 aliphatic carbocycles. The summed E-state index contributed by atoms with van der Waals surface area (Å²) in [6, 6.07) is 1.71. The summed E-state index contributed by atoms with van der Waals surface area (Å²) in [4.78, 5) is 23.5. The van der Waals surface area contributed by atoms with E-state index in [9.17, 15) is 9.59 Å². The molecule has 1 aromatic rings. The predicted octanol–water partition coefficient (Wildman–Crippen LogP) is 2.19. The van der Waals surface area contributed by atoms with Crippen molar-refractivity contribution in [2.45, 2.75) is 20.3 Å². The van der Waals surface area contributed by atoms with Gasteiger partial charge in [0.1, 0.15) is 5.00 Å². The second kappa shape index (κ2) is 4.93. The Morgan fingerprint density at radius 2 is 2.20 bits per heavy atom. The van der Waals surface area contributed by atoms with Crippen molar-refractivity contribution < 1.29 is 14.3 Å². The number of ether oxygens (including phenoxy) is 1. The Bertz CT molecular complexity index is 384. The fourth-order valence-electron chi connectivity index (χ4n) is 1.08. The molecule has 1 N–H and O–H groups in total. The van der Waals surface area contributed by atoms with Crippen LogP contribution >= 0.6 is 11.3 Å². The first kappa shape index (κ1) is 11.7. The second-order valence-electron chi connectivity index (χ2n) is 2.99. The van der Waals surface area contributed by atoms with E-state index in [4.69, 9.17) is 0 Å². The Balaban J connectivity index is 2.96. The van der Waals surface area contributed by atoms with Crippen LogP contribution in [-0.2, 0) is 9.53 Å². The molecule has 82 valence electrons. The van der Waals surface area contributed by atoms with Gasteiger partial charge in [0.15, 0.2) is 0 Å². The Kier molecular flexibility index (Phi) is 3.85. The van der Waals surface area contributed by atoms with E-state index < -0.39 is 5.97 Å². The minimum Gasteiger partial charge on any atom is -0.465 e. The first-order chi connectivity index (χ1) is 7.08. The third-order valence-electron chi connectivity index (χ3n) is 1.83. The van der Waals surface area contributed by atoms with Gasteiger partial charge in [0, 0.05) is 11.3 Å². The summed E-state index contributed by atoms with van der Waals surface area (Å²) < 4.78 is 4.62. The zero-order chi connectivity index (χ0) is 11.4. The normalized spacial score (nSPS) is 9.80. The SMILES string of the molecule is CCC(=O)Nc1sc(C)cc1C(=O)OC. The van der Waals surface area contributed by atoms with Crippen LogP contribution in [0, 0.1) is 6.92 Å². The summed E-state index contributed by atoms with van der Waals surface area (Å²) in [5.74, 6) is -0.534. The number of aryl methyl sites for hydroxylation is 1. The number of amides is 1. The van der Waals surface area contributed by atoms with Crippen molar-refractivity contribution in [3.8, 4) is 0 Å². The molecule has 0 aromatic carbocycles. The molecular formula is C10H13NO3S. The van der Waals surface area contributed by atoms with Gasteiger partial charge in [-0.25, -0.2) is 4.79 Å². The molecule has 0 fully saturated rings. The molecule has 1 amide bonds. The average Bonchev–Trinajstić information content (AvgIpc) is 2.58. The Morgan fingerprint density at radius 1 is 1.53 bits per heavy atom. The molecule has 1 rings (SSSR count). The highest BCUT2D eigenvalue weighted by Gasteiger charge is 2.16. The summed E-state index contributed by atoms with van der Waals surface area (Å²) in [7, 11) is 1.32. The fourth-order valence-corrected chi connectivity index (χ4v) is 2.00. The van der Waals surface area contributed by atoms with Crippen LogP contribution in [0.5, 0.6) is 0 Å². The number of hydrogen-bond acceptors (Lipinski definition) is 4. The van der Waals surface area contributed by atoms with Crippen LogP contribution < -0.4 is 5.32 Å². The lowest BCUT2D eigenvalue weighted by Gasteiger charge is -2.02. The minimum absolute atomic E-state index is 0.109. The Labute approximate surface area is 92.2 Å². The smallest absolute Gasteiger partial charge is 0.340 e. The van der Waals surface area contributed by atoms with E-state index in [-0.39, 0.29) is 5.91 Å². The van der Waals surface area contributed by atoms with Crippen LogP contribution in [0.15, 0.2) is 6.07 Å². The molecule has 0 saturated carbocycles. The van der Waals surface area contributed by atoms with Crippen LogP contribution in [0.1, 0.15) is 28.6 Å². The van der Waals surface area contributed by atoms with Gasteiger partial charge in [0.25, 0.3) is 0 Å². The van der Waals surface area contributed by atoms with E-state index in [2.05, 4.69) is 10.1 Å². The number of nitrogens with one attached hydrogen (secondary N) is 1. The van der Waals surface area contributed by atoms with Crippen LogP contribution in [0.3, 0.4) is 0 Å². The van der Waals surface area contributed by atoms with Crippen LogP contribution in [0.2, 0.25) is 0 Å². The molecule has 15 heavy (non-hydrogen) atoms. The maximum atomic E-state index is 11.4. The zero-order valence-corrected chi connectivity index (χ0v) is 9.73. The standard InChI is InChI=1S/C10H13NO3S/c1-4-8(12)11-9-7(10(13)14-3)5-6(2)15-9/h5H,4H2,1-3H3,(H,11,12). The fraction of sp³-hybridized carbons (Fsp3) is 0.400. The Hall–Kier alpha value is -1.36. The number of carbonyl (C=O) groups excluding carboxylic acids is 2. The molecule has 5 heteroatoms. The van der Waals surface area contributed by atoms with Gasteiger partial charge in [0.2, 0.25) is 5.91 Å². The molecule has 0 spiro atoms. The quantitative estimate of drug-likeness (QED) is 0.805. The number of esters is 1. The average molecular weight is 227 g/mol. The maximum absolute atomic E-state index is 11.4. The molecule has 0 atom stereocenters. The van der Waals surface area contributed by atoms with Gasteiger partial charge in [-0.05, 0) is 13.0 Å². The molecule has 1 aromatic heterocycles. The van der Waals surface area contributed by atoms with Gasteiger partial charge >= 0.3 is 5.97 Å². The number of hydrogen-bond donors (Lipinski definition) is 1. The third kappa shape index (κ3) is 2.79. The predicted molar refractivity (Wildman–Crippen MR) is 59.3 cm³/mol. The lowest BCUT2D eigenvalue weighted by molar-refractivity contribution is -0.115. The topological polar surface area (TPSA) is 55.4 Å². The van der Waals surface area contributed by atoms with Gasteiger partial charge in [-0.1, -0.05) is 6.92 Å². The van der Waals surface area contributed by atoms with E-state index in [1.54, 1.807) is 13.0 Å². The van der Waals surface area contributed by atoms with E-state index in [1.165, 1.54) is 18.4 Å². The van der Waals surface area contributed by atoms with Crippen LogP contribution in [0.4, 0.5) is 5.00 Å². The number of carbonyl (C=O) groups is 2. The van der Waals surface area contributed by atoms with E-state index in [0.29, 0.717) is 17.0 Å². The van der Waals surface area contributed by atoms with Gasteiger partial charge in [-0.15, -0.1) is 11.3 Å². The number of anilines is 1. The summed E-state index contributed by atoms with van der Waals surface area (Å²) in [5, 5.41) is 3.24. The highest BCUT2D eigenvalue weighted by Crippen LogP contribution is 2.28. The zero-order valence-electron chi connectivity index (χ0n) is 8.92. The van der Waals surface area contributed by atoms with Crippen molar-refractivity contribution in [1.82, 2.24) is 0 Å². The highest BCUT2D eigenvalue weighted by molar-refractivity contribution is 7.16. The van der Waals surface area contributed by atoms with Crippen molar-refractivity contribution in [3.63, 3.8) is 0 Å². The van der Waals surface area contributed by atoms with Gasteiger partial charge in [-0.3, -0.25) is 4.79 Å². The van der Waals surface area contributed by atoms with Crippen molar-refractivity contribution in [1.29, 1.82) is 0 Å². The monoisotopic (exact) mass is 227 g/mol. The number of rotatable bonds is 3. The second-order valence-corrected chi connectivity index (χ2v) is 4.25.